The molecule has 0 fully saturated rings. The van der Waals surface area contributed by atoms with Gasteiger partial charge in [-0.1, -0.05) is 51.0 Å². The predicted molar refractivity (Wildman–Crippen MR) is 79.6 cm³/mol. The first-order valence-corrected chi connectivity index (χ1v) is 7.25. The normalized spacial score (nSPS) is 14.4. The van der Waals surface area contributed by atoms with Crippen molar-refractivity contribution < 1.29 is 0 Å². The summed E-state index contributed by atoms with van der Waals surface area (Å²) < 4.78 is 0. The molecule has 0 radical (unpaired) electrons. The molecule has 4 N–H and O–H groups in total. The van der Waals surface area contributed by atoms with E-state index in [2.05, 4.69) is 38.1 Å². The Kier molecular flexibility index (Phi) is 6.99. The molecule has 1 rings (SSSR count). The van der Waals surface area contributed by atoms with Crippen molar-refractivity contribution in [1.29, 1.82) is 0 Å². The van der Waals surface area contributed by atoms with Gasteiger partial charge in [0.2, 0.25) is 0 Å². The summed E-state index contributed by atoms with van der Waals surface area (Å²) in [5.74, 6) is 0. The SMILES string of the molecule is CCCC(N)Cc1ccccc1CC(N)CCC. The Balaban J connectivity index is 2.66. The van der Waals surface area contributed by atoms with Gasteiger partial charge in [-0.3, -0.25) is 0 Å². The molecule has 0 spiro atoms. The van der Waals surface area contributed by atoms with Crippen LogP contribution in [0.25, 0.3) is 0 Å². The van der Waals surface area contributed by atoms with Crippen LogP contribution in [0.15, 0.2) is 24.3 Å². The maximum Gasteiger partial charge on any atom is 0.00793 e. The van der Waals surface area contributed by atoms with Crippen molar-refractivity contribution in [2.24, 2.45) is 11.5 Å². The molecule has 0 saturated carbocycles. The summed E-state index contributed by atoms with van der Waals surface area (Å²) in [6, 6.07) is 9.15. The van der Waals surface area contributed by atoms with Gasteiger partial charge < -0.3 is 11.5 Å². The highest BCUT2D eigenvalue weighted by Crippen LogP contribution is 2.15. The van der Waals surface area contributed by atoms with Gasteiger partial charge in [0.15, 0.2) is 0 Å². The van der Waals surface area contributed by atoms with Crippen molar-refractivity contribution in [3.05, 3.63) is 35.4 Å². The highest BCUT2D eigenvalue weighted by molar-refractivity contribution is 5.28. The van der Waals surface area contributed by atoms with E-state index in [4.69, 9.17) is 11.5 Å². The summed E-state index contributed by atoms with van der Waals surface area (Å²) >= 11 is 0. The van der Waals surface area contributed by atoms with Crippen LogP contribution < -0.4 is 11.5 Å². The van der Waals surface area contributed by atoms with Crippen LogP contribution in [0.3, 0.4) is 0 Å². The fourth-order valence-corrected chi connectivity index (χ4v) is 2.47. The Labute approximate surface area is 112 Å². The van der Waals surface area contributed by atoms with E-state index in [0.717, 1.165) is 38.5 Å². The highest BCUT2D eigenvalue weighted by Gasteiger charge is 2.10. The van der Waals surface area contributed by atoms with Crippen LogP contribution in [0.4, 0.5) is 0 Å². The third-order valence-corrected chi connectivity index (χ3v) is 3.40. The van der Waals surface area contributed by atoms with E-state index in [1.165, 1.54) is 11.1 Å². The van der Waals surface area contributed by atoms with Crippen molar-refractivity contribution in [3.63, 3.8) is 0 Å². The summed E-state index contributed by atoms with van der Waals surface area (Å²) in [6.45, 7) is 4.37. The van der Waals surface area contributed by atoms with Crippen molar-refractivity contribution in [2.75, 3.05) is 0 Å². The lowest BCUT2D eigenvalue weighted by Crippen LogP contribution is -2.25. The maximum atomic E-state index is 6.14. The Bertz CT molecular complexity index is 303. The van der Waals surface area contributed by atoms with E-state index >= 15 is 0 Å². The van der Waals surface area contributed by atoms with Gasteiger partial charge in [0.05, 0.1) is 0 Å². The third-order valence-electron chi connectivity index (χ3n) is 3.40. The molecule has 1 aromatic carbocycles. The molecule has 0 bridgehead atoms. The molecule has 2 heteroatoms. The van der Waals surface area contributed by atoms with E-state index in [9.17, 15) is 0 Å². The third kappa shape index (κ3) is 5.19. The van der Waals surface area contributed by atoms with E-state index in [1.54, 1.807) is 0 Å². The number of hydrogen-bond acceptors (Lipinski definition) is 2. The number of nitrogens with two attached hydrogens (primary N) is 2. The van der Waals surface area contributed by atoms with Crippen LogP contribution in [-0.4, -0.2) is 12.1 Å². The number of hydrogen-bond donors (Lipinski definition) is 2. The maximum absolute atomic E-state index is 6.14. The molecule has 0 heterocycles. The molecule has 2 atom stereocenters. The molecule has 0 aliphatic carbocycles. The van der Waals surface area contributed by atoms with Crippen molar-refractivity contribution in [3.8, 4) is 0 Å². The van der Waals surface area contributed by atoms with Crippen LogP contribution >= 0.6 is 0 Å². The number of benzene rings is 1. The van der Waals surface area contributed by atoms with E-state index in [0.29, 0.717) is 0 Å². The molecule has 1 aromatic rings. The van der Waals surface area contributed by atoms with Gasteiger partial charge in [-0.25, -0.2) is 0 Å². The van der Waals surface area contributed by atoms with Crippen LogP contribution in [-0.2, 0) is 12.8 Å². The molecule has 0 saturated heterocycles. The average molecular weight is 248 g/mol. The fourth-order valence-electron chi connectivity index (χ4n) is 2.47. The topological polar surface area (TPSA) is 52.0 Å². The molecule has 18 heavy (non-hydrogen) atoms. The van der Waals surface area contributed by atoms with Crippen LogP contribution in [0, 0.1) is 0 Å². The Morgan fingerprint density at radius 2 is 1.22 bits per heavy atom. The molecule has 0 aliphatic heterocycles. The molecular formula is C16H28N2. The van der Waals surface area contributed by atoms with Gasteiger partial charge in [0.25, 0.3) is 0 Å². The highest BCUT2D eigenvalue weighted by atomic mass is 14.6. The van der Waals surface area contributed by atoms with Crippen molar-refractivity contribution >= 4 is 0 Å². The largest absolute Gasteiger partial charge is 0.327 e. The van der Waals surface area contributed by atoms with Gasteiger partial charge in [-0.2, -0.15) is 0 Å². The zero-order valence-electron chi connectivity index (χ0n) is 11.9. The lowest BCUT2D eigenvalue weighted by Gasteiger charge is -2.17. The van der Waals surface area contributed by atoms with Gasteiger partial charge in [-0.05, 0) is 36.8 Å². The first-order valence-electron chi connectivity index (χ1n) is 7.25. The van der Waals surface area contributed by atoms with Gasteiger partial charge in [0.1, 0.15) is 0 Å². The smallest absolute Gasteiger partial charge is 0.00793 e. The van der Waals surface area contributed by atoms with Crippen LogP contribution in [0.5, 0.6) is 0 Å². The predicted octanol–water partition coefficient (Wildman–Crippen LogP) is 3.03. The summed E-state index contributed by atoms with van der Waals surface area (Å²) in [6.07, 6.45) is 6.44. The lowest BCUT2D eigenvalue weighted by molar-refractivity contribution is 0.580. The Morgan fingerprint density at radius 3 is 1.56 bits per heavy atom. The van der Waals surface area contributed by atoms with E-state index in [-0.39, 0.29) is 12.1 Å². The number of rotatable bonds is 8. The second kappa shape index (κ2) is 8.28. The molecule has 2 unspecified atom stereocenters. The first kappa shape index (κ1) is 15.2. The lowest BCUT2D eigenvalue weighted by atomic mass is 9.93. The summed E-state index contributed by atoms with van der Waals surface area (Å²) in [7, 11) is 0. The molecule has 102 valence electrons. The first-order chi connectivity index (χ1) is 8.67. The summed E-state index contributed by atoms with van der Waals surface area (Å²) in [5, 5.41) is 0. The average Bonchev–Trinajstić information content (AvgIpc) is 2.32. The Hall–Kier alpha value is -0.860. The monoisotopic (exact) mass is 248 g/mol. The molecular weight excluding hydrogens is 220 g/mol. The second-order valence-corrected chi connectivity index (χ2v) is 5.27. The molecule has 0 aromatic heterocycles. The summed E-state index contributed by atoms with van der Waals surface area (Å²) in [4.78, 5) is 0. The molecule has 0 aliphatic rings. The fraction of sp³-hybridized carbons (Fsp3) is 0.625. The van der Waals surface area contributed by atoms with Crippen molar-refractivity contribution in [1.82, 2.24) is 0 Å². The zero-order chi connectivity index (χ0) is 13.4. The van der Waals surface area contributed by atoms with Crippen LogP contribution in [0.2, 0.25) is 0 Å². The Morgan fingerprint density at radius 1 is 0.833 bits per heavy atom. The zero-order valence-corrected chi connectivity index (χ0v) is 11.9. The van der Waals surface area contributed by atoms with Crippen LogP contribution in [0.1, 0.15) is 50.7 Å². The van der Waals surface area contributed by atoms with Gasteiger partial charge in [0, 0.05) is 12.1 Å². The van der Waals surface area contributed by atoms with E-state index < -0.39 is 0 Å². The minimum absolute atomic E-state index is 0.276. The molecule has 2 nitrogen and oxygen atoms in total. The summed E-state index contributed by atoms with van der Waals surface area (Å²) in [5.41, 5.74) is 15.0. The van der Waals surface area contributed by atoms with Gasteiger partial charge >= 0.3 is 0 Å². The minimum atomic E-state index is 0.276. The van der Waals surface area contributed by atoms with Gasteiger partial charge in [-0.15, -0.1) is 0 Å². The minimum Gasteiger partial charge on any atom is -0.327 e. The second-order valence-electron chi connectivity index (χ2n) is 5.27. The standard InChI is InChI=1S/C16H28N2/c1-3-7-15(17)11-13-9-5-6-10-14(13)12-16(18)8-4-2/h5-6,9-10,15-16H,3-4,7-8,11-12,17-18H2,1-2H3. The van der Waals surface area contributed by atoms with Crippen molar-refractivity contribution in [2.45, 2.75) is 64.5 Å². The quantitative estimate of drug-likeness (QED) is 0.743. The van der Waals surface area contributed by atoms with E-state index in [1.807, 2.05) is 0 Å². The molecule has 0 amide bonds.